The van der Waals surface area contributed by atoms with Crippen LogP contribution in [0.2, 0.25) is 5.02 Å². The number of anilines is 2. The highest BCUT2D eigenvalue weighted by atomic mass is 35.5. The lowest BCUT2D eigenvalue weighted by molar-refractivity contribution is -0.144. The van der Waals surface area contributed by atoms with Gasteiger partial charge in [0.05, 0.1) is 43.5 Å². The van der Waals surface area contributed by atoms with Crippen molar-refractivity contribution in [2.45, 2.75) is 141 Å². The van der Waals surface area contributed by atoms with E-state index < -0.39 is 35.2 Å². The largest absolute Gasteiger partial charge is 0.462 e. The summed E-state index contributed by atoms with van der Waals surface area (Å²) in [5, 5.41) is 21.1. The van der Waals surface area contributed by atoms with Crippen molar-refractivity contribution in [3.8, 4) is 27.6 Å². The number of unbranched alkanes of at least 4 members (excludes halogenated alkanes) is 3. The number of nitrogens with zero attached hydrogens (tertiary/aromatic N) is 7. The Morgan fingerprint density at radius 3 is 2.47 bits per heavy atom. The molecule has 21 heteroatoms. The molecular formula is C56H68ClF2N11O5S2. The molecule has 4 saturated heterocycles. The fraction of sp³-hybridized carbons (Fsp3) is 0.518. The lowest BCUT2D eigenvalue weighted by Crippen LogP contribution is -2.57. The van der Waals surface area contributed by atoms with Gasteiger partial charge in [-0.05, 0) is 100 Å². The molecule has 10 rings (SSSR count). The van der Waals surface area contributed by atoms with Crippen molar-refractivity contribution >= 4 is 84.1 Å². The van der Waals surface area contributed by atoms with Gasteiger partial charge in [0, 0.05) is 67.1 Å². The number of rotatable bonds is 18. The molecule has 0 saturated carbocycles. The van der Waals surface area contributed by atoms with Crippen LogP contribution in [0.1, 0.15) is 109 Å². The number of halogens is 3. The van der Waals surface area contributed by atoms with Gasteiger partial charge in [0.25, 0.3) is 0 Å². The van der Waals surface area contributed by atoms with Crippen LogP contribution in [0.15, 0.2) is 48.0 Å². The van der Waals surface area contributed by atoms with Gasteiger partial charge in [-0.15, -0.1) is 11.3 Å². The standard InChI is InChI=1S/C56H68ClF2N11O5S2/c1-30(32-13-15-33(16-14-32)48-31(2)62-29-76-48)63-52(73)42-23-37(71)27-69(42)53(74)50(56(3,4)5)64-43(72)12-8-6-7-9-21-68-22-10-11-36(68)28-75-55-66-46-39(51(67-55)70-34-17-18-35(70)26-61-25-34)24-40(57)44(45(46)59)38-19-20-41(58)49-47(38)65-54(60)77-49/h13-16,19-20,24,29-30,34-37,42,50,61,71H,6-12,17-18,21-23,25-28H2,1-5H3,(H2,60,65)(H,63,73)(H,64,72)/t30-,34?,35?,36-,37+,42-,50+/m0/s1. The summed E-state index contributed by atoms with van der Waals surface area (Å²) in [6.07, 6.45) is 6.62. The van der Waals surface area contributed by atoms with Crippen molar-refractivity contribution in [1.29, 1.82) is 0 Å². The number of likely N-dealkylation sites (tertiary alicyclic amines) is 2. The average Bonchev–Trinajstić information content (AvgIpc) is 4.32. The number of hydrogen-bond acceptors (Lipinski definition) is 15. The molecule has 0 spiro atoms. The molecular weight excluding hydrogens is 1040 g/mol. The smallest absolute Gasteiger partial charge is 0.319 e. The van der Waals surface area contributed by atoms with Crippen molar-refractivity contribution in [2.24, 2.45) is 5.41 Å². The van der Waals surface area contributed by atoms with E-state index in [2.05, 4.69) is 35.7 Å². The predicted octanol–water partition coefficient (Wildman–Crippen LogP) is 8.96. The summed E-state index contributed by atoms with van der Waals surface area (Å²) < 4.78 is 38.7. The minimum atomic E-state index is -0.902. The summed E-state index contributed by atoms with van der Waals surface area (Å²) in [5.74, 6) is -1.57. The second-order valence-corrected chi connectivity index (χ2v) is 24.5. The number of carbonyl (C=O) groups is 3. The van der Waals surface area contributed by atoms with Gasteiger partial charge in [-0.25, -0.2) is 18.7 Å². The first-order chi connectivity index (χ1) is 36.9. The van der Waals surface area contributed by atoms with E-state index in [1.165, 1.54) is 17.0 Å². The third-order valence-corrected chi connectivity index (χ3v) is 18.0. The summed E-state index contributed by atoms with van der Waals surface area (Å²) in [4.78, 5) is 67.1. The number of piperazine rings is 1. The first-order valence-corrected chi connectivity index (χ1v) is 29.0. The average molecular weight is 1110 g/mol. The highest BCUT2D eigenvalue weighted by molar-refractivity contribution is 7.22. The Morgan fingerprint density at radius 1 is 0.987 bits per heavy atom. The molecule has 77 heavy (non-hydrogen) atoms. The van der Waals surface area contributed by atoms with E-state index in [9.17, 15) is 23.9 Å². The van der Waals surface area contributed by atoms with E-state index >= 15 is 4.39 Å². The quantitative estimate of drug-likeness (QED) is 0.0511. The molecule has 4 fully saturated rings. The molecule has 16 nitrogen and oxygen atoms in total. The predicted molar refractivity (Wildman–Crippen MR) is 299 cm³/mol. The van der Waals surface area contributed by atoms with Gasteiger partial charge in [0.1, 0.15) is 35.8 Å². The topological polar surface area (TPSA) is 204 Å². The number of amides is 3. The van der Waals surface area contributed by atoms with Crippen LogP contribution in [0.5, 0.6) is 6.01 Å². The Balaban J connectivity index is 0.728. The molecule has 7 atom stereocenters. The number of aromatic nitrogens is 4. The van der Waals surface area contributed by atoms with Crippen molar-refractivity contribution in [1.82, 2.24) is 45.7 Å². The summed E-state index contributed by atoms with van der Waals surface area (Å²) in [5.41, 5.74) is 10.7. The molecule has 3 aromatic carbocycles. The number of nitrogen functional groups attached to an aromatic ring is 1. The molecule has 0 aliphatic carbocycles. The zero-order valence-corrected chi connectivity index (χ0v) is 46.6. The Hall–Kier alpha value is -5.64. The normalized spacial score (nSPS) is 21.5. The van der Waals surface area contributed by atoms with Crippen LogP contribution >= 0.6 is 34.3 Å². The van der Waals surface area contributed by atoms with E-state index in [-0.39, 0.29) is 98.7 Å². The van der Waals surface area contributed by atoms with E-state index in [0.717, 1.165) is 104 Å². The van der Waals surface area contributed by atoms with E-state index in [0.29, 0.717) is 29.8 Å². The van der Waals surface area contributed by atoms with Gasteiger partial charge >= 0.3 is 6.01 Å². The maximum atomic E-state index is 17.1. The molecule has 6 N–H and O–H groups in total. The first kappa shape index (κ1) is 54.7. The molecule has 0 radical (unpaired) electrons. The van der Waals surface area contributed by atoms with Gasteiger partial charge in [0.15, 0.2) is 10.9 Å². The number of carbonyl (C=O) groups excluding carboxylic acids is 3. The maximum absolute atomic E-state index is 17.1. The van der Waals surface area contributed by atoms with Crippen LogP contribution in [0.25, 0.3) is 42.7 Å². The summed E-state index contributed by atoms with van der Waals surface area (Å²) in [6.45, 7) is 13.1. The number of benzene rings is 3. The second-order valence-electron chi connectivity index (χ2n) is 22.2. The van der Waals surface area contributed by atoms with E-state index in [1.807, 2.05) is 64.4 Å². The molecule has 4 aliphatic rings. The number of hydrogen-bond donors (Lipinski definition) is 5. The molecule has 2 bridgehead atoms. The maximum Gasteiger partial charge on any atom is 0.319 e. The van der Waals surface area contributed by atoms with Crippen LogP contribution in [-0.4, -0.2) is 128 Å². The number of nitrogens with two attached hydrogens (primary N) is 1. The van der Waals surface area contributed by atoms with Crippen LogP contribution in [0, 0.1) is 24.0 Å². The van der Waals surface area contributed by atoms with Crippen molar-refractivity contribution in [2.75, 3.05) is 50.0 Å². The monoisotopic (exact) mass is 1110 g/mol. The summed E-state index contributed by atoms with van der Waals surface area (Å²) in [6, 6.07) is 10.8. The molecule has 2 unspecified atom stereocenters. The fourth-order valence-electron chi connectivity index (χ4n) is 11.7. The molecule has 6 aromatic rings. The first-order valence-electron chi connectivity index (χ1n) is 26.9. The number of nitrogens with one attached hydrogen (secondary N) is 3. The molecule has 7 heterocycles. The van der Waals surface area contributed by atoms with Gasteiger partial charge < -0.3 is 41.3 Å². The zero-order chi connectivity index (χ0) is 54.3. The highest BCUT2D eigenvalue weighted by Crippen LogP contribution is 2.44. The molecule has 3 aromatic heterocycles. The number of ether oxygens (including phenoxy) is 1. The number of aliphatic hydroxyl groups excluding tert-OH is 1. The fourth-order valence-corrected chi connectivity index (χ4v) is 13.6. The minimum absolute atomic E-state index is 0.000944. The molecule has 4 aliphatic heterocycles. The second kappa shape index (κ2) is 23.0. The van der Waals surface area contributed by atoms with Gasteiger partial charge in [0.2, 0.25) is 17.7 Å². The minimum Gasteiger partial charge on any atom is -0.462 e. The SMILES string of the molecule is Cc1ncsc1-c1ccc([C@H](C)NC(=O)[C@@H]2C[C@@H](O)CN2C(=O)[C@@H](NC(=O)CCCCCCN2CCC[C@H]2COc2nc(N3C4CCC3CNC4)c3cc(Cl)c(-c4ccc(F)c5sc(N)nc45)c(F)c3n2)C(C)(C)C)cc1. The van der Waals surface area contributed by atoms with Gasteiger partial charge in [-0.1, -0.05) is 80.8 Å². The van der Waals surface area contributed by atoms with Gasteiger partial charge in [-0.3, -0.25) is 19.3 Å². The third kappa shape index (κ3) is 11.6. The van der Waals surface area contributed by atoms with Crippen LogP contribution in [0.3, 0.4) is 0 Å². The van der Waals surface area contributed by atoms with Crippen molar-refractivity contribution in [3.05, 3.63) is 75.9 Å². The van der Waals surface area contributed by atoms with E-state index in [4.69, 9.17) is 32.0 Å². The highest BCUT2D eigenvalue weighted by Gasteiger charge is 2.45. The summed E-state index contributed by atoms with van der Waals surface area (Å²) >= 11 is 9.50. The van der Waals surface area contributed by atoms with Crippen LogP contribution in [0.4, 0.5) is 19.7 Å². The van der Waals surface area contributed by atoms with Crippen molar-refractivity contribution in [3.63, 3.8) is 0 Å². The number of β-amino-alcohol motifs (C(OH)–C–C–N with tert-alkyl or cyclic N) is 1. The Morgan fingerprint density at radius 2 is 1.74 bits per heavy atom. The number of aliphatic hydroxyl groups is 1. The summed E-state index contributed by atoms with van der Waals surface area (Å²) in [7, 11) is 0. The van der Waals surface area contributed by atoms with Crippen LogP contribution < -0.4 is 31.3 Å². The lowest BCUT2D eigenvalue weighted by Gasteiger charge is -2.37. The van der Waals surface area contributed by atoms with Gasteiger partial charge in [-0.2, -0.15) is 9.97 Å². The van der Waals surface area contributed by atoms with Crippen LogP contribution in [-0.2, 0) is 14.4 Å². The zero-order valence-electron chi connectivity index (χ0n) is 44.2. The Labute approximate surface area is 460 Å². The third-order valence-electron chi connectivity index (χ3n) is 15.8. The van der Waals surface area contributed by atoms with Crippen molar-refractivity contribution < 1.29 is 33.0 Å². The molecule has 410 valence electrons. The Kier molecular flexibility index (Phi) is 16.3. The van der Waals surface area contributed by atoms with E-state index in [1.54, 1.807) is 17.4 Å². The number of fused-ring (bicyclic) bond motifs is 4. The lowest BCUT2D eigenvalue weighted by atomic mass is 9.85. The number of aryl methyl sites for hydroxylation is 1. The molecule has 3 amide bonds. The number of thiazole rings is 2. The Bertz CT molecular complexity index is 3140.